The third-order valence-corrected chi connectivity index (χ3v) is 4.80. The van der Waals surface area contributed by atoms with E-state index in [1.807, 2.05) is 6.07 Å². The summed E-state index contributed by atoms with van der Waals surface area (Å²) in [6.07, 6.45) is 5.05. The first-order valence-corrected chi connectivity index (χ1v) is 8.01. The van der Waals surface area contributed by atoms with E-state index in [9.17, 15) is 4.39 Å². The van der Waals surface area contributed by atoms with E-state index in [-0.39, 0.29) is 5.82 Å². The Morgan fingerprint density at radius 2 is 1.79 bits per heavy atom. The molecular weight excluding hydrogens is 305 g/mol. The molecule has 0 bridgehead atoms. The molecule has 1 fully saturated rings. The maximum atomic E-state index is 13.7. The molecule has 19 heavy (non-hydrogen) atoms. The van der Waals surface area contributed by atoms with Crippen LogP contribution in [-0.2, 0) is 0 Å². The second kappa shape index (κ2) is 5.82. The molecule has 1 heterocycles. The zero-order chi connectivity index (χ0) is 14.0. The van der Waals surface area contributed by atoms with E-state index in [1.54, 1.807) is 6.07 Å². The topological polar surface area (TPSA) is 3.24 Å². The highest BCUT2D eigenvalue weighted by Crippen LogP contribution is 2.43. The third kappa shape index (κ3) is 2.96. The normalized spacial score (nSPS) is 17.4. The Bertz CT molecular complexity index is 444. The number of halogens is 2. The van der Waals surface area contributed by atoms with Crippen LogP contribution in [0.3, 0.4) is 0 Å². The molecule has 1 nitrogen and oxygen atoms in total. The number of hydrogen-bond acceptors (Lipinski definition) is 1. The zero-order valence-electron chi connectivity index (χ0n) is 12.1. The van der Waals surface area contributed by atoms with Crippen LogP contribution in [0.1, 0.15) is 45.1 Å². The molecule has 1 saturated heterocycles. The van der Waals surface area contributed by atoms with Crippen LogP contribution in [0.5, 0.6) is 0 Å². The summed E-state index contributed by atoms with van der Waals surface area (Å²) in [6, 6.07) is 3.55. The van der Waals surface area contributed by atoms with E-state index in [0.29, 0.717) is 9.89 Å². The molecule has 1 aliphatic heterocycles. The van der Waals surface area contributed by atoms with Gasteiger partial charge in [0.25, 0.3) is 0 Å². The summed E-state index contributed by atoms with van der Waals surface area (Å²) in [6.45, 7) is 8.72. The van der Waals surface area contributed by atoms with Crippen LogP contribution in [-0.4, -0.2) is 13.1 Å². The molecule has 3 heteroatoms. The molecule has 0 saturated carbocycles. The van der Waals surface area contributed by atoms with Gasteiger partial charge in [0.2, 0.25) is 0 Å². The first-order valence-electron chi connectivity index (χ1n) is 7.22. The van der Waals surface area contributed by atoms with E-state index < -0.39 is 0 Å². The van der Waals surface area contributed by atoms with Gasteiger partial charge < -0.3 is 4.90 Å². The lowest BCUT2D eigenvalue weighted by Gasteiger charge is -2.52. The maximum Gasteiger partial charge on any atom is 0.139 e. The van der Waals surface area contributed by atoms with Crippen molar-refractivity contribution < 1.29 is 4.39 Å². The molecule has 1 aliphatic rings. The van der Waals surface area contributed by atoms with Crippen LogP contribution in [0.15, 0.2) is 16.6 Å². The van der Waals surface area contributed by atoms with E-state index >= 15 is 0 Å². The average molecular weight is 328 g/mol. The number of aryl methyl sites for hydroxylation is 1. The standard InChI is InChI=1S/C16H23BrFN/c1-4-6-16(7-5-2)10-19(11-16)15-9-14(18)13(17)8-12(15)3/h8-9H,4-7,10-11H2,1-3H3. The van der Waals surface area contributed by atoms with Gasteiger partial charge in [0.15, 0.2) is 0 Å². The first-order chi connectivity index (χ1) is 9.01. The molecule has 106 valence electrons. The van der Waals surface area contributed by atoms with Crippen molar-refractivity contribution in [2.24, 2.45) is 5.41 Å². The molecule has 1 aromatic rings. The monoisotopic (exact) mass is 327 g/mol. The van der Waals surface area contributed by atoms with Gasteiger partial charge in [0, 0.05) is 24.2 Å². The summed E-state index contributed by atoms with van der Waals surface area (Å²) >= 11 is 3.25. The second-order valence-electron chi connectivity index (χ2n) is 5.91. The fourth-order valence-electron chi connectivity index (χ4n) is 3.41. The number of nitrogens with zero attached hydrogens (tertiary/aromatic N) is 1. The minimum absolute atomic E-state index is 0.163. The van der Waals surface area contributed by atoms with Crippen molar-refractivity contribution in [3.63, 3.8) is 0 Å². The molecule has 0 atom stereocenters. The first kappa shape index (κ1) is 14.8. The van der Waals surface area contributed by atoms with Crippen molar-refractivity contribution in [3.05, 3.63) is 28.0 Å². The van der Waals surface area contributed by atoms with Gasteiger partial charge in [0.05, 0.1) is 4.47 Å². The largest absolute Gasteiger partial charge is 0.370 e. The summed E-state index contributed by atoms with van der Waals surface area (Å²) in [5, 5.41) is 0. The van der Waals surface area contributed by atoms with Crippen molar-refractivity contribution in [1.29, 1.82) is 0 Å². The Morgan fingerprint density at radius 3 is 2.32 bits per heavy atom. The van der Waals surface area contributed by atoms with Gasteiger partial charge in [0.1, 0.15) is 5.82 Å². The zero-order valence-corrected chi connectivity index (χ0v) is 13.7. The predicted molar refractivity (Wildman–Crippen MR) is 83.3 cm³/mol. The fraction of sp³-hybridized carbons (Fsp3) is 0.625. The molecule has 1 aromatic carbocycles. The third-order valence-electron chi connectivity index (χ3n) is 4.19. The summed E-state index contributed by atoms with van der Waals surface area (Å²) in [7, 11) is 0. The fourth-order valence-corrected chi connectivity index (χ4v) is 3.87. The predicted octanol–water partition coefficient (Wildman–Crippen LogP) is 5.30. The molecule has 0 radical (unpaired) electrons. The Labute approximate surface area is 124 Å². The molecule has 0 unspecified atom stereocenters. The van der Waals surface area contributed by atoms with Gasteiger partial charge in [-0.1, -0.05) is 26.7 Å². The highest BCUT2D eigenvalue weighted by molar-refractivity contribution is 9.10. The molecule has 2 rings (SSSR count). The van der Waals surface area contributed by atoms with Crippen LogP contribution < -0.4 is 4.90 Å². The Balaban J connectivity index is 2.13. The summed E-state index contributed by atoms with van der Waals surface area (Å²) in [4.78, 5) is 2.33. The molecular formula is C16H23BrFN. The van der Waals surface area contributed by atoms with E-state index in [0.717, 1.165) is 24.3 Å². The Morgan fingerprint density at radius 1 is 1.21 bits per heavy atom. The summed E-state index contributed by atoms with van der Waals surface area (Å²) < 4.78 is 14.3. The van der Waals surface area contributed by atoms with Crippen molar-refractivity contribution in [1.82, 2.24) is 0 Å². The average Bonchev–Trinajstić information content (AvgIpc) is 2.31. The van der Waals surface area contributed by atoms with Gasteiger partial charge in [-0.2, -0.15) is 0 Å². The number of hydrogen-bond donors (Lipinski definition) is 0. The lowest BCUT2D eigenvalue weighted by molar-refractivity contribution is 0.173. The SMILES string of the molecule is CCCC1(CCC)CN(c2cc(F)c(Br)cc2C)C1. The van der Waals surface area contributed by atoms with Crippen molar-refractivity contribution >= 4 is 21.6 Å². The van der Waals surface area contributed by atoms with Gasteiger partial charge in [-0.3, -0.25) is 0 Å². The van der Waals surface area contributed by atoms with Crippen LogP contribution in [0.25, 0.3) is 0 Å². The van der Waals surface area contributed by atoms with Crippen LogP contribution in [0.2, 0.25) is 0 Å². The highest BCUT2D eigenvalue weighted by atomic mass is 79.9. The van der Waals surface area contributed by atoms with Crippen LogP contribution in [0.4, 0.5) is 10.1 Å². The second-order valence-corrected chi connectivity index (χ2v) is 6.76. The van der Waals surface area contributed by atoms with Crippen molar-refractivity contribution in [3.8, 4) is 0 Å². The molecule has 0 amide bonds. The quantitative estimate of drug-likeness (QED) is 0.709. The lowest BCUT2D eigenvalue weighted by Crippen LogP contribution is -2.56. The lowest BCUT2D eigenvalue weighted by atomic mass is 9.72. The summed E-state index contributed by atoms with van der Waals surface area (Å²) in [5.74, 6) is -0.163. The van der Waals surface area contributed by atoms with Gasteiger partial charge in [-0.05, 0) is 53.4 Å². The Hall–Kier alpha value is -0.570. The number of anilines is 1. The molecule has 0 aliphatic carbocycles. The van der Waals surface area contributed by atoms with Crippen molar-refractivity contribution in [2.75, 3.05) is 18.0 Å². The van der Waals surface area contributed by atoms with E-state index in [4.69, 9.17) is 0 Å². The molecule has 0 N–H and O–H groups in total. The van der Waals surface area contributed by atoms with Crippen LogP contribution in [0, 0.1) is 18.2 Å². The highest BCUT2D eigenvalue weighted by Gasteiger charge is 2.41. The smallest absolute Gasteiger partial charge is 0.139 e. The molecule has 0 spiro atoms. The minimum atomic E-state index is -0.163. The molecule has 0 aromatic heterocycles. The Kier molecular flexibility index (Phi) is 4.54. The van der Waals surface area contributed by atoms with E-state index in [2.05, 4.69) is 41.6 Å². The van der Waals surface area contributed by atoms with Gasteiger partial charge in [-0.15, -0.1) is 0 Å². The maximum absolute atomic E-state index is 13.7. The van der Waals surface area contributed by atoms with Crippen LogP contribution >= 0.6 is 15.9 Å². The number of benzene rings is 1. The van der Waals surface area contributed by atoms with Gasteiger partial charge >= 0.3 is 0 Å². The van der Waals surface area contributed by atoms with Crippen molar-refractivity contribution in [2.45, 2.75) is 46.5 Å². The summed E-state index contributed by atoms with van der Waals surface area (Å²) in [5.41, 5.74) is 2.68. The van der Waals surface area contributed by atoms with E-state index in [1.165, 1.54) is 25.7 Å². The minimum Gasteiger partial charge on any atom is -0.370 e. The number of rotatable bonds is 5. The van der Waals surface area contributed by atoms with Gasteiger partial charge in [-0.25, -0.2) is 4.39 Å².